The summed E-state index contributed by atoms with van der Waals surface area (Å²) in [5.41, 5.74) is 3.27. The van der Waals surface area contributed by atoms with Crippen molar-refractivity contribution in [3.05, 3.63) is 53.9 Å². The third-order valence-electron chi connectivity index (χ3n) is 2.33. The quantitative estimate of drug-likeness (QED) is 0.827. The van der Waals surface area contributed by atoms with Crippen LogP contribution < -0.4 is 5.32 Å². The zero-order valence-corrected chi connectivity index (χ0v) is 8.94. The van der Waals surface area contributed by atoms with E-state index in [9.17, 15) is 0 Å². The van der Waals surface area contributed by atoms with Crippen LogP contribution in [0.1, 0.15) is 11.3 Å². The van der Waals surface area contributed by atoms with Crippen LogP contribution in [0.15, 0.2) is 42.6 Å². The van der Waals surface area contributed by atoms with Crippen LogP contribution >= 0.6 is 0 Å². The van der Waals surface area contributed by atoms with Crippen molar-refractivity contribution >= 4 is 11.4 Å². The Morgan fingerprint density at radius 1 is 1.12 bits per heavy atom. The summed E-state index contributed by atoms with van der Waals surface area (Å²) in [5.74, 6) is 0. The summed E-state index contributed by atoms with van der Waals surface area (Å²) in [6, 6.07) is 13.6. The van der Waals surface area contributed by atoms with E-state index in [1.807, 2.05) is 37.3 Å². The van der Waals surface area contributed by atoms with Gasteiger partial charge in [-0.15, -0.1) is 0 Å². The summed E-state index contributed by atoms with van der Waals surface area (Å²) in [7, 11) is 0. The van der Waals surface area contributed by atoms with E-state index >= 15 is 0 Å². The first kappa shape index (κ1) is 10.2. The van der Waals surface area contributed by atoms with Gasteiger partial charge in [0.05, 0.1) is 5.69 Å². The lowest BCUT2D eigenvalue weighted by Crippen LogP contribution is -1.96. The van der Waals surface area contributed by atoms with Gasteiger partial charge in [-0.05, 0) is 30.7 Å². The van der Waals surface area contributed by atoms with Gasteiger partial charge < -0.3 is 5.32 Å². The number of aromatic nitrogens is 1. The number of nitriles is 1. The minimum absolute atomic E-state index is 0.408. The van der Waals surface area contributed by atoms with Gasteiger partial charge in [-0.25, -0.2) is 4.98 Å². The molecule has 0 fully saturated rings. The molecular formula is C13H11N3. The average Bonchev–Trinajstić information content (AvgIpc) is 2.33. The lowest BCUT2D eigenvalue weighted by Gasteiger charge is -2.09. The maximum Gasteiger partial charge on any atom is 0.163 e. The van der Waals surface area contributed by atoms with Crippen LogP contribution in [0.25, 0.3) is 0 Å². The molecular weight excluding hydrogens is 198 g/mol. The van der Waals surface area contributed by atoms with Gasteiger partial charge in [0.15, 0.2) is 5.69 Å². The molecule has 0 spiro atoms. The Balaban J connectivity index is 2.35. The molecule has 2 aromatic rings. The normalized spacial score (nSPS) is 9.50. The number of aryl methyl sites for hydroxylation is 1. The van der Waals surface area contributed by atoms with E-state index in [4.69, 9.17) is 5.26 Å². The lowest BCUT2D eigenvalue weighted by atomic mass is 10.2. The van der Waals surface area contributed by atoms with Crippen LogP contribution in [-0.4, -0.2) is 4.98 Å². The molecule has 3 nitrogen and oxygen atoms in total. The van der Waals surface area contributed by atoms with Crippen LogP contribution in [0.2, 0.25) is 0 Å². The highest BCUT2D eigenvalue weighted by Crippen LogP contribution is 2.21. The maximum atomic E-state index is 8.91. The van der Waals surface area contributed by atoms with Crippen molar-refractivity contribution in [2.75, 3.05) is 5.32 Å². The Labute approximate surface area is 94.4 Å². The summed E-state index contributed by atoms with van der Waals surface area (Å²) in [6.45, 7) is 2.02. The number of pyridine rings is 1. The number of hydrogen-bond acceptors (Lipinski definition) is 3. The van der Waals surface area contributed by atoms with E-state index in [0.717, 1.165) is 16.9 Å². The molecule has 1 heterocycles. The summed E-state index contributed by atoms with van der Waals surface area (Å²) >= 11 is 0. The van der Waals surface area contributed by atoms with Crippen molar-refractivity contribution in [2.45, 2.75) is 6.92 Å². The van der Waals surface area contributed by atoms with E-state index in [1.54, 1.807) is 12.3 Å². The number of benzene rings is 1. The van der Waals surface area contributed by atoms with Crippen LogP contribution in [0.3, 0.4) is 0 Å². The highest BCUT2D eigenvalue weighted by Gasteiger charge is 2.03. The van der Waals surface area contributed by atoms with Gasteiger partial charge in [0, 0.05) is 11.9 Å². The molecule has 1 aromatic heterocycles. The smallest absolute Gasteiger partial charge is 0.163 e. The zero-order chi connectivity index (χ0) is 11.4. The summed E-state index contributed by atoms with van der Waals surface area (Å²) in [5, 5.41) is 12.1. The molecule has 3 heteroatoms. The molecule has 0 radical (unpaired) electrons. The van der Waals surface area contributed by atoms with E-state index in [0.29, 0.717) is 5.69 Å². The second kappa shape index (κ2) is 4.45. The van der Waals surface area contributed by atoms with E-state index in [1.165, 1.54) is 0 Å². The molecule has 16 heavy (non-hydrogen) atoms. The van der Waals surface area contributed by atoms with Gasteiger partial charge in [0.25, 0.3) is 0 Å². The molecule has 0 saturated heterocycles. The molecule has 78 valence electrons. The third kappa shape index (κ3) is 2.01. The molecule has 0 amide bonds. The highest BCUT2D eigenvalue weighted by molar-refractivity contribution is 5.66. The minimum atomic E-state index is 0.408. The number of nitrogens with one attached hydrogen (secondary N) is 1. The van der Waals surface area contributed by atoms with Crippen LogP contribution in [-0.2, 0) is 0 Å². The Kier molecular flexibility index (Phi) is 2.84. The fourth-order valence-corrected chi connectivity index (χ4v) is 1.45. The van der Waals surface area contributed by atoms with E-state index < -0.39 is 0 Å². The average molecular weight is 209 g/mol. The largest absolute Gasteiger partial charge is 0.353 e. The topological polar surface area (TPSA) is 48.7 Å². The van der Waals surface area contributed by atoms with Gasteiger partial charge in [-0.2, -0.15) is 5.26 Å². The predicted octanol–water partition coefficient (Wildman–Crippen LogP) is 3.01. The molecule has 2 rings (SSSR count). The van der Waals surface area contributed by atoms with Crippen molar-refractivity contribution in [2.24, 2.45) is 0 Å². The SMILES string of the molecule is Cc1ccccc1Nc1cccnc1C#N. The lowest BCUT2D eigenvalue weighted by molar-refractivity contribution is 1.26. The Morgan fingerprint density at radius 3 is 2.62 bits per heavy atom. The first-order chi connectivity index (χ1) is 7.81. The predicted molar refractivity (Wildman–Crippen MR) is 63.4 cm³/mol. The van der Waals surface area contributed by atoms with Gasteiger partial charge in [0.1, 0.15) is 6.07 Å². The summed E-state index contributed by atoms with van der Waals surface area (Å²) < 4.78 is 0. The van der Waals surface area contributed by atoms with Gasteiger partial charge in [0.2, 0.25) is 0 Å². The number of para-hydroxylation sites is 1. The summed E-state index contributed by atoms with van der Waals surface area (Å²) in [6.07, 6.45) is 1.61. The van der Waals surface area contributed by atoms with Gasteiger partial charge in [-0.1, -0.05) is 18.2 Å². The summed E-state index contributed by atoms with van der Waals surface area (Å²) in [4.78, 5) is 4.00. The monoisotopic (exact) mass is 209 g/mol. The van der Waals surface area contributed by atoms with E-state index in [2.05, 4.69) is 16.4 Å². The first-order valence-electron chi connectivity index (χ1n) is 4.99. The van der Waals surface area contributed by atoms with Crippen LogP contribution in [0.5, 0.6) is 0 Å². The Morgan fingerprint density at radius 2 is 1.88 bits per heavy atom. The second-order valence-electron chi connectivity index (χ2n) is 3.45. The molecule has 1 N–H and O–H groups in total. The molecule has 0 bridgehead atoms. The van der Waals surface area contributed by atoms with Crippen molar-refractivity contribution in [3.8, 4) is 6.07 Å². The Hall–Kier alpha value is -2.34. The Bertz CT molecular complexity index is 541. The van der Waals surface area contributed by atoms with Gasteiger partial charge >= 0.3 is 0 Å². The molecule has 0 saturated carbocycles. The zero-order valence-electron chi connectivity index (χ0n) is 8.94. The first-order valence-corrected chi connectivity index (χ1v) is 4.99. The molecule has 1 aromatic carbocycles. The van der Waals surface area contributed by atoms with Crippen molar-refractivity contribution in [1.82, 2.24) is 4.98 Å². The maximum absolute atomic E-state index is 8.91. The van der Waals surface area contributed by atoms with Gasteiger partial charge in [-0.3, -0.25) is 0 Å². The molecule has 0 aliphatic carbocycles. The number of anilines is 2. The minimum Gasteiger partial charge on any atom is -0.353 e. The number of rotatable bonds is 2. The van der Waals surface area contributed by atoms with E-state index in [-0.39, 0.29) is 0 Å². The van der Waals surface area contributed by atoms with Crippen molar-refractivity contribution < 1.29 is 0 Å². The highest BCUT2D eigenvalue weighted by atomic mass is 14.9. The molecule has 0 unspecified atom stereocenters. The fraction of sp³-hybridized carbons (Fsp3) is 0.0769. The number of nitrogens with zero attached hydrogens (tertiary/aromatic N) is 2. The number of hydrogen-bond donors (Lipinski definition) is 1. The second-order valence-corrected chi connectivity index (χ2v) is 3.45. The molecule has 0 aliphatic rings. The molecule has 0 aliphatic heterocycles. The van der Waals surface area contributed by atoms with Crippen molar-refractivity contribution in [3.63, 3.8) is 0 Å². The standard InChI is InChI=1S/C13H11N3/c1-10-5-2-3-6-11(10)16-12-7-4-8-15-13(12)9-14/h2-8,16H,1H3. The van der Waals surface area contributed by atoms with Crippen LogP contribution in [0.4, 0.5) is 11.4 Å². The van der Waals surface area contributed by atoms with Crippen molar-refractivity contribution in [1.29, 1.82) is 5.26 Å². The van der Waals surface area contributed by atoms with Crippen LogP contribution in [0, 0.1) is 18.3 Å². The fourth-order valence-electron chi connectivity index (χ4n) is 1.45. The third-order valence-corrected chi connectivity index (χ3v) is 2.33. The molecule has 0 atom stereocenters.